The molecule has 0 aromatic heterocycles. The van der Waals surface area contributed by atoms with E-state index in [4.69, 9.17) is 10.6 Å². The molecule has 0 aliphatic carbocycles. The number of thioether (sulfide) groups is 1. The van der Waals surface area contributed by atoms with Crippen molar-refractivity contribution in [3.8, 4) is 0 Å². The second-order valence-corrected chi connectivity index (χ2v) is 7.45. The lowest BCUT2D eigenvalue weighted by Gasteiger charge is -2.30. The van der Waals surface area contributed by atoms with Crippen LogP contribution in [0.4, 0.5) is 0 Å². The molecule has 0 radical (unpaired) electrons. The van der Waals surface area contributed by atoms with Crippen molar-refractivity contribution in [1.82, 2.24) is 0 Å². The van der Waals surface area contributed by atoms with Gasteiger partial charge >= 0.3 is 0 Å². The maximum Gasteiger partial charge on any atom is 0.154 e. The Morgan fingerprint density at radius 2 is 2.04 bits per heavy atom. The van der Waals surface area contributed by atoms with Gasteiger partial charge in [0.25, 0.3) is 0 Å². The highest BCUT2D eigenvalue weighted by atomic mass is 32.2. The monoisotopic (exact) mass is 353 g/mol. The third-order valence-electron chi connectivity index (χ3n) is 4.37. The molecule has 1 aliphatic heterocycles. The molecule has 5 heteroatoms. The van der Waals surface area contributed by atoms with Crippen LogP contribution in [0.5, 0.6) is 0 Å². The number of benzene rings is 2. The van der Waals surface area contributed by atoms with Gasteiger partial charge in [0.05, 0.1) is 11.3 Å². The van der Waals surface area contributed by atoms with E-state index in [1.54, 1.807) is 11.8 Å². The van der Waals surface area contributed by atoms with Crippen molar-refractivity contribution in [3.63, 3.8) is 0 Å². The molecule has 25 heavy (non-hydrogen) atoms. The normalized spacial score (nSPS) is 20.9. The predicted molar refractivity (Wildman–Crippen MR) is 106 cm³/mol. The summed E-state index contributed by atoms with van der Waals surface area (Å²) in [6.45, 7) is 4.56. The Balaban J connectivity index is 1.74. The second-order valence-electron chi connectivity index (χ2n) is 6.34. The van der Waals surface area contributed by atoms with Gasteiger partial charge in [0.15, 0.2) is 5.17 Å². The Morgan fingerprint density at radius 1 is 1.24 bits per heavy atom. The topological polar surface area (TPSA) is 60.0 Å². The van der Waals surface area contributed by atoms with E-state index in [-0.39, 0.29) is 5.54 Å². The summed E-state index contributed by atoms with van der Waals surface area (Å²) in [7, 11) is 0. The summed E-state index contributed by atoms with van der Waals surface area (Å²) in [5.41, 5.74) is 9.82. The quantitative estimate of drug-likeness (QED) is 0.644. The van der Waals surface area contributed by atoms with Crippen molar-refractivity contribution in [2.75, 3.05) is 5.75 Å². The predicted octanol–water partition coefficient (Wildman–Crippen LogP) is 4.29. The van der Waals surface area contributed by atoms with E-state index in [1.165, 1.54) is 0 Å². The smallest absolute Gasteiger partial charge is 0.154 e. The van der Waals surface area contributed by atoms with Gasteiger partial charge in [0, 0.05) is 5.75 Å². The highest BCUT2D eigenvalue weighted by Gasteiger charge is 2.29. The number of nitrogens with zero attached hydrogens (tertiary/aromatic N) is 2. The minimum atomic E-state index is -0.267. The van der Waals surface area contributed by atoms with Crippen LogP contribution in [0.15, 0.2) is 64.7 Å². The molecule has 1 heterocycles. The summed E-state index contributed by atoms with van der Waals surface area (Å²) < 4.78 is 0. The first kappa shape index (κ1) is 17.5. The summed E-state index contributed by atoms with van der Waals surface area (Å²) in [6.07, 6.45) is 0.975. The molecular formula is C20H23N3OS. The molecule has 2 aromatic carbocycles. The number of nitrogens with two attached hydrogens (primary N) is 1. The Bertz CT molecular complexity index is 789. The summed E-state index contributed by atoms with van der Waals surface area (Å²) in [5.74, 6) is 0.989. The van der Waals surface area contributed by atoms with Gasteiger partial charge in [-0.15, -0.1) is 0 Å². The van der Waals surface area contributed by atoms with Crippen LogP contribution in [0, 0.1) is 0 Å². The van der Waals surface area contributed by atoms with E-state index in [1.807, 2.05) is 49.4 Å². The van der Waals surface area contributed by atoms with Crippen molar-refractivity contribution in [1.29, 1.82) is 0 Å². The maximum atomic E-state index is 5.94. The second kappa shape index (κ2) is 7.74. The average Bonchev–Trinajstić information content (AvgIpc) is 2.62. The Morgan fingerprint density at radius 3 is 2.80 bits per heavy atom. The highest BCUT2D eigenvalue weighted by molar-refractivity contribution is 8.13. The van der Waals surface area contributed by atoms with Crippen LogP contribution in [-0.2, 0) is 17.0 Å². The first-order valence-electron chi connectivity index (χ1n) is 8.36. The van der Waals surface area contributed by atoms with Gasteiger partial charge < -0.3 is 10.6 Å². The summed E-state index contributed by atoms with van der Waals surface area (Å²) in [5, 5.41) is 4.93. The lowest BCUT2D eigenvalue weighted by molar-refractivity contribution is 0.130. The van der Waals surface area contributed by atoms with Crippen molar-refractivity contribution >= 4 is 22.6 Å². The maximum absolute atomic E-state index is 5.94. The lowest BCUT2D eigenvalue weighted by Crippen LogP contribution is -2.28. The van der Waals surface area contributed by atoms with Gasteiger partial charge in [-0.1, -0.05) is 65.4 Å². The number of amidine groups is 1. The van der Waals surface area contributed by atoms with Crippen LogP contribution in [0.1, 0.15) is 37.0 Å². The SMILES string of the molecule is CC(=NOCc1ccccc1)c1cccc(C2(C)CCSC(N)=N2)c1. The first-order valence-corrected chi connectivity index (χ1v) is 9.35. The fourth-order valence-corrected chi connectivity index (χ4v) is 3.78. The molecule has 1 atom stereocenters. The Kier molecular flexibility index (Phi) is 5.43. The molecule has 4 nitrogen and oxygen atoms in total. The lowest BCUT2D eigenvalue weighted by atomic mass is 9.88. The van der Waals surface area contributed by atoms with Crippen LogP contribution < -0.4 is 5.73 Å². The summed E-state index contributed by atoms with van der Waals surface area (Å²) in [6, 6.07) is 18.4. The Hall–Kier alpha value is -2.27. The zero-order valence-electron chi connectivity index (χ0n) is 14.6. The van der Waals surface area contributed by atoms with Crippen molar-refractivity contribution in [3.05, 3.63) is 71.3 Å². The third-order valence-corrected chi connectivity index (χ3v) is 5.17. The first-order chi connectivity index (χ1) is 12.1. The molecule has 1 unspecified atom stereocenters. The van der Waals surface area contributed by atoms with Crippen LogP contribution in [0.2, 0.25) is 0 Å². The van der Waals surface area contributed by atoms with Gasteiger partial charge in [0.2, 0.25) is 0 Å². The van der Waals surface area contributed by atoms with E-state index >= 15 is 0 Å². The van der Waals surface area contributed by atoms with E-state index < -0.39 is 0 Å². The zero-order chi connectivity index (χ0) is 17.7. The molecule has 1 aliphatic rings. The van der Waals surface area contributed by atoms with Gasteiger partial charge in [-0.2, -0.15) is 0 Å². The van der Waals surface area contributed by atoms with Crippen LogP contribution >= 0.6 is 11.8 Å². The average molecular weight is 353 g/mol. The van der Waals surface area contributed by atoms with Crippen LogP contribution in [0.3, 0.4) is 0 Å². The van der Waals surface area contributed by atoms with Gasteiger partial charge in [0.1, 0.15) is 6.61 Å². The van der Waals surface area contributed by atoms with E-state index in [0.29, 0.717) is 11.8 Å². The standard InChI is InChI=1S/C20H23N3OS/c1-15(23-24-14-16-7-4-3-5-8-16)17-9-6-10-18(13-17)20(2)11-12-25-19(21)22-20/h3-10,13H,11-12,14H2,1-2H3,(H2,21,22). The fraction of sp³-hybridized carbons (Fsp3) is 0.300. The molecule has 0 fully saturated rings. The van der Waals surface area contributed by atoms with E-state index in [9.17, 15) is 0 Å². The van der Waals surface area contributed by atoms with Gasteiger partial charge in [-0.3, -0.25) is 4.99 Å². The van der Waals surface area contributed by atoms with E-state index in [2.05, 4.69) is 29.2 Å². The molecular weight excluding hydrogens is 330 g/mol. The number of hydrogen-bond donors (Lipinski definition) is 1. The van der Waals surface area contributed by atoms with Crippen molar-refractivity contribution in [2.45, 2.75) is 32.4 Å². The van der Waals surface area contributed by atoms with Crippen LogP contribution in [0.25, 0.3) is 0 Å². The van der Waals surface area contributed by atoms with Gasteiger partial charge in [-0.05, 0) is 43.0 Å². The molecule has 0 spiro atoms. The summed E-state index contributed by atoms with van der Waals surface area (Å²) >= 11 is 1.62. The molecule has 130 valence electrons. The Labute approximate surface area is 153 Å². The fourth-order valence-electron chi connectivity index (χ4n) is 2.80. The molecule has 0 saturated carbocycles. The zero-order valence-corrected chi connectivity index (χ0v) is 15.4. The molecule has 0 amide bonds. The highest BCUT2D eigenvalue weighted by Crippen LogP contribution is 2.35. The van der Waals surface area contributed by atoms with Gasteiger partial charge in [-0.25, -0.2) is 0 Å². The molecule has 2 aromatic rings. The minimum absolute atomic E-state index is 0.267. The summed E-state index contributed by atoms with van der Waals surface area (Å²) in [4.78, 5) is 10.2. The number of rotatable bonds is 5. The van der Waals surface area contributed by atoms with E-state index in [0.717, 1.165) is 34.6 Å². The molecule has 2 N–H and O–H groups in total. The molecule has 0 bridgehead atoms. The van der Waals surface area contributed by atoms with Crippen molar-refractivity contribution < 1.29 is 4.84 Å². The molecule has 0 saturated heterocycles. The van der Waals surface area contributed by atoms with Crippen molar-refractivity contribution in [2.24, 2.45) is 15.9 Å². The largest absolute Gasteiger partial charge is 0.391 e. The minimum Gasteiger partial charge on any atom is -0.391 e. The third kappa shape index (κ3) is 4.42. The number of aliphatic imine (C=N–C) groups is 1. The molecule has 3 rings (SSSR count). The number of oxime groups is 1. The number of hydrogen-bond acceptors (Lipinski definition) is 5. The van der Waals surface area contributed by atoms with Crippen LogP contribution in [-0.4, -0.2) is 16.6 Å².